The van der Waals surface area contributed by atoms with Crippen molar-refractivity contribution in [2.45, 2.75) is 0 Å². The first kappa shape index (κ1) is 11.7. The summed E-state index contributed by atoms with van der Waals surface area (Å²) in [5.74, 6) is 5.62. The molecule has 0 spiro atoms. The van der Waals surface area contributed by atoms with Crippen molar-refractivity contribution in [3.05, 3.63) is 64.1 Å². The van der Waals surface area contributed by atoms with Crippen molar-refractivity contribution in [2.75, 3.05) is 0 Å². The van der Waals surface area contributed by atoms with Gasteiger partial charge in [-0.2, -0.15) is 5.10 Å². The lowest BCUT2D eigenvalue weighted by atomic mass is 10.0. The van der Waals surface area contributed by atoms with Crippen LogP contribution in [0.1, 0.15) is 11.1 Å². The van der Waals surface area contributed by atoms with E-state index in [0.29, 0.717) is 5.71 Å². The van der Waals surface area contributed by atoms with Crippen LogP contribution in [0.5, 0.6) is 5.75 Å². The van der Waals surface area contributed by atoms with Crippen LogP contribution in [-0.2, 0) is 0 Å². The Morgan fingerprint density at radius 3 is 2.29 bits per heavy atom. The zero-order valence-electron chi connectivity index (χ0n) is 8.97. The molecule has 17 heavy (non-hydrogen) atoms. The van der Waals surface area contributed by atoms with E-state index in [2.05, 4.69) is 21.0 Å². The van der Waals surface area contributed by atoms with Crippen LogP contribution < -0.4 is 5.84 Å². The lowest BCUT2D eigenvalue weighted by Crippen LogP contribution is -2.06. The maximum absolute atomic E-state index is 9.45. The molecule has 0 aromatic heterocycles. The second-order valence-corrected chi connectivity index (χ2v) is 4.45. The van der Waals surface area contributed by atoms with Gasteiger partial charge in [-0.25, -0.2) is 0 Å². The number of hydrogen-bond acceptors (Lipinski definition) is 3. The van der Waals surface area contributed by atoms with Gasteiger partial charge in [0.1, 0.15) is 5.75 Å². The lowest BCUT2D eigenvalue weighted by molar-refractivity contribution is 0.475. The molecule has 2 rings (SSSR count). The van der Waals surface area contributed by atoms with Gasteiger partial charge >= 0.3 is 0 Å². The number of hydrazone groups is 1. The number of aromatic hydroxyl groups is 1. The summed E-state index contributed by atoms with van der Waals surface area (Å²) in [6.45, 7) is 0. The average Bonchev–Trinajstić information content (AvgIpc) is 2.30. The minimum Gasteiger partial charge on any atom is -0.508 e. The fourth-order valence-electron chi connectivity index (χ4n) is 1.60. The van der Waals surface area contributed by atoms with Crippen molar-refractivity contribution in [1.29, 1.82) is 0 Å². The molecule has 0 heterocycles. The van der Waals surface area contributed by atoms with E-state index >= 15 is 0 Å². The Labute approximate surface area is 108 Å². The van der Waals surface area contributed by atoms with Crippen molar-refractivity contribution < 1.29 is 5.11 Å². The maximum Gasteiger partial charge on any atom is 0.116 e. The van der Waals surface area contributed by atoms with Crippen LogP contribution in [0.25, 0.3) is 0 Å². The highest BCUT2D eigenvalue weighted by Crippen LogP contribution is 2.18. The molecule has 3 N–H and O–H groups in total. The number of phenolic OH excluding ortho intramolecular Hbond substituents is 1. The van der Waals surface area contributed by atoms with Gasteiger partial charge in [0.05, 0.1) is 5.71 Å². The summed E-state index contributed by atoms with van der Waals surface area (Å²) in [6.07, 6.45) is 0. The zero-order chi connectivity index (χ0) is 12.3. The topological polar surface area (TPSA) is 58.6 Å². The monoisotopic (exact) mass is 290 g/mol. The second kappa shape index (κ2) is 5.01. The standard InChI is InChI=1S/C13H11BrN2O/c14-11-5-1-3-9(7-11)13(16-15)10-4-2-6-12(17)8-10/h1-8,17H,15H2. The molecule has 3 nitrogen and oxygen atoms in total. The number of benzene rings is 2. The molecule has 2 aromatic rings. The highest BCUT2D eigenvalue weighted by atomic mass is 79.9. The highest BCUT2D eigenvalue weighted by molar-refractivity contribution is 9.10. The van der Waals surface area contributed by atoms with E-state index in [4.69, 9.17) is 5.84 Å². The normalized spacial score (nSPS) is 11.5. The number of nitrogens with two attached hydrogens (primary N) is 1. The molecule has 86 valence electrons. The van der Waals surface area contributed by atoms with Crippen LogP contribution in [-0.4, -0.2) is 10.8 Å². The molecule has 0 unspecified atom stereocenters. The molecule has 0 aliphatic carbocycles. The quantitative estimate of drug-likeness (QED) is 0.508. The lowest BCUT2D eigenvalue weighted by Gasteiger charge is -2.06. The number of hydrogen-bond donors (Lipinski definition) is 2. The first-order valence-corrected chi connectivity index (χ1v) is 5.83. The molecule has 0 aliphatic rings. The van der Waals surface area contributed by atoms with Gasteiger partial charge in [-0.05, 0) is 24.3 Å². The average molecular weight is 291 g/mol. The van der Waals surface area contributed by atoms with Crippen molar-refractivity contribution in [3.63, 3.8) is 0 Å². The summed E-state index contributed by atoms with van der Waals surface area (Å²) in [6, 6.07) is 14.5. The van der Waals surface area contributed by atoms with Crippen molar-refractivity contribution in [1.82, 2.24) is 0 Å². The van der Waals surface area contributed by atoms with Crippen LogP contribution in [0.3, 0.4) is 0 Å². The van der Waals surface area contributed by atoms with E-state index in [1.807, 2.05) is 30.3 Å². The van der Waals surface area contributed by atoms with Crippen LogP contribution in [0.4, 0.5) is 0 Å². The molecule has 0 aliphatic heterocycles. The molecular weight excluding hydrogens is 280 g/mol. The second-order valence-electron chi connectivity index (χ2n) is 3.54. The van der Waals surface area contributed by atoms with E-state index < -0.39 is 0 Å². The van der Waals surface area contributed by atoms with E-state index in [-0.39, 0.29) is 5.75 Å². The van der Waals surface area contributed by atoms with Crippen LogP contribution in [0, 0.1) is 0 Å². The fourth-order valence-corrected chi connectivity index (χ4v) is 2.00. The summed E-state index contributed by atoms with van der Waals surface area (Å²) < 4.78 is 0.955. The van der Waals surface area contributed by atoms with Crippen molar-refractivity contribution in [3.8, 4) is 5.75 Å². The van der Waals surface area contributed by atoms with E-state index in [1.54, 1.807) is 18.2 Å². The maximum atomic E-state index is 9.45. The van der Waals surface area contributed by atoms with Gasteiger partial charge in [0.25, 0.3) is 0 Å². The van der Waals surface area contributed by atoms with Crippen LogP contribution in [0.2, 0.25) is 0 Å². The van der Waals surface area contributed by atoms with Crippen molar-refractivity contribution in [2.24, 2.45) is 10.9 Å². The molecule has 0 saturated heterocycles. The fraction of sp³-hybridized carbons (Fsp3) is 0. The molecule has 0 atom stereocenters. The Morgan fingerprint density at radius 2 is 1.71 bits per heavy atom. The molecular formula is C13H11BrN2O. The Balaban J connectivity index is 2.48. The summed E-state index contributed by atoms with van der Waals surface area (Å²) >= 11 is 3.40. The number of rotatable bonds is 2. The Bertz CT molecular complexity index is 519. The van der Waals surface area contributed by atoms with E-state index in [1.165, 1.54) is 0 Å². The Kier molecular flexibility index (Phi) is 3.44. The van der Waals surface area contributed by atoms with Gasteiger partial charge in [0.2, 0.25) is 0 Å². The number of nitrogens with zero attached hydrogens (tertiary/aromatic N) is 1. The first-order chi connectivity index (χ1) is 8.20. The third-order valence-electron chi connectivity index (χ3n) is 2.35. The number of phenols is 1. The minimum atomic E-state index is 0.193. The molecule has 0 fully saturated rings. The van der Waals surface area contributed by atoms with Crippen LogP contribution in [0.15, 0.2) is 58.1 Å². The Morgan fingerprint density at radius 1 is 1.06 bits per heavy atom. The third kappa shape index (κ3) is 2.65. The van der Waals surface area contributed by atoms with Gasteiger partial charge in [-0.15, -0.1) is 0 Å². The molecule has 4 heteroatoms. The largest absolute Gasteiger partial charge is 0.508 e. The third-order valence-corrected chi connectivity index (χ3v) is 2.84. The molecule has 0 radical (unpaired) electrons. The SMILES string of the molecule is NN=C(c1cccc(O)c1)c1cccc(Br)c1. The summed E-state index contributed by atoms with van der Waals surface area (Å²) in [5.41, 5.74) is 2.32. The summed E-state index contributed by atoms with van der Waals surface area (Å²) in [5, 5.41) is 13.2. The van der Waals surface area contributed by atoms with Crippen LogP contribution >= 0.6 is 15.9 Å². The highest BCUT2D eigenvalue weighted by Gasteiger charge is 2.07. The smallest absolute Gasteiger partial charge is 0.116 e. The molecule has 0 saturated carbocycles. The summed E-state index contributed by atoms with van der Waals surface area (Å²) in [7, 11) is 0. The molecule has 0 bridgehead atoms. The zero-order valence-corrected chi connectivity index (χ0v) is 10.6. The van der Waals surface area contributed by atoms with Gasteiger partial charge in [0, 0.05) is 15.6 Å². The Hall–Kier alpha value is -1.81. The van der Waals surface area contributed by atoms with Gasteiger partial charge in [-0.1, -0.05) is 40.2 Å². The predicted octanol–water partition coefficient (Wildman–Crippen LogP) is 2.87. The van der Waals surface area contributed by atoms with E-state index in [0.717, 1.165) is 15.6 Å². The predicted molar refractivity (Wildman–Crippen MR) is 72.1 cm³/mol. The molecule has 2 aromatic carbocycles. The van der Waals surface area contributed by atoms with Gasteiger partial charge < -0.3 is 10.9 Å². The minimum absolute atomic E-state index is 0.193. The first-order valence-electron chi connectivity index (χ1n) is 5.04. The van der Waals surface area contributed by atoms with Gasteiger partial charge in [0.15, 0.2) is 0 Å². The number of halogens is 1. The van der Waals surface area contributed by atoms with E-state index in [9.17, 15) is 5.11 Å². The molecule has 0 amide bonds. The van der Waals surface area contributed by atoms with Crippen molar-refractivity contribution >= 4 is 21.6 Å². The summed E-state index contributed by atoms with van der Waals surface area (Å²) in [4.78, 5) is 0. The van der Waals surface area contributed by atoms with Gasteiger partial charge in [-0.3, -0.25) is 0 Å².